The van der Waals surface area contributed by atoms with Crippen LogP contribution in [0.1, 0.15) is 35.1 Å². The zero-order valence-corrected chi connectivity index (χ0v) is 18.7. The summed E-state index contributed by atoms with van der Waals surface area (Å²) >= 11 is 0. The lowest BCUT2D eigenvalue weighted by atomic mass is 9.98. The Balaban J connectivity index is 1.44. The molecule has 2 aromatic carbocycles. The fourth-order valence-electron chi connectivity index (χ4n) is 4.75. The molecule has 31 heavy (non-hydrogen) atoms. The molecule has 2 saturated heterocycles. The molecule has 5 nitrogen and oxygen atoms in total. The number of anilines is 2. The number of rotatable bonds is 5. The largest absolute Gasteiger partial charge is 0.382 e. The molecule has 5 heteroatoms. The Bertz CT molecular complexity index is 976. The number of piperidine rings is 1. The Morgan fingerprint density at radius 1 is 1.06 bits per heavy atom. The Morgan fingerprint density at radius 2 is 1.77 bits per heavy atom. The van der Waals surface area contributed by atoms with Gasteiger partial charge in [0.05, 0.1) is 11.3 Å². The molecule has 2 aromatic rings. The Morgan fingerprint density at radius 3 is 2.48 bits per heavy atom. The second-order valence-electron chi connectivity index (χ2n) is 8.70. The Kier molecular flexibility index (Phi) is 6.48. The van der Waals surface area contributed by atoms with Gasteiger partial charge in [-0.3, -0.25) is 0 Å². The van der Waals surface area contributed by atoms with Gasteiger partial charge in [-0.25, -0.2) is 0 Å². The lowest BCUT2D eigenvalue weighted by Crippen LogP contribution is -2.42. The maximum Gasteiger partial charge on any atom is 0.101 e. The molecule has 2 aliphatic rings. The van der Waals surface area contributed by atoms with Gasteiger partial charge in [0.2, 0.25) is 0 Å². The van der Waals surface area contributed by atoms with Gasteiger partial charge in [-0.15, -0.1) is 0 Å². The topological polar surface area (TPSA) is 54.3 Å². The van der Waals surface area contributed by atoms with E-state index in [9.17, 15) is 5.26 Å². The minimum atomic E-state index is 0.437. The van der Waals surface area contributed by atoms with Crippen LogP contribution in [0.5, 0.6) is 0 Å². The van der Waals surface area contributed by atoms with Crippen LogP contribution in [0.25, 0.3) is 5.70 Å². The molecule has 0 spiro atoms. The molecule has 0 radical (unpaired) electrons. The summed E-state index contributed by atoms with van der Waals surface area (Å²) in [5.41, 5.74) is 7.98. The van der Waals surface area contributed by atoms with Crippen molar-refractivity contribution in [3.05, 3.63) is 65.2 Å². The van der Waals surface area contributed by atoms with E-state index in [1.165, 1.54) is 22.4 Å². The SMILES string of the molecule is C=C(c1cc(NC2CCN(c3ccccc3C#N)CC2)c(C)cc1C)N1CCNCC1. The average molecular weight is 416 g/mol. The molecule has 0 bridgehead atoms. The number of nitriles is 1. The quantitative estimate of drug-likeness (QED) is 0.769. The van der Waals surface area contributed by atoms with Crippen LogP contribution < -0.4 is 15.5 Å². The standard InChI is InChI=1S/C26H33N5/c1-19-16-20(2)25(17-24(19)21(3)30-14-10-28-11-15-30)29-23-8-12-31(13-9-23)26-7-5-4-6-22(26)18-27/h4-7,16-17,23,28-29H,3,8-15H2,1-2H3. The smallest absolute Gasteiger partial charge is 0.101 e. The molecule has 4 rings (SSSR count). The lowest BCUT2D eigenvalue weighted by molar-refractivity contribution is 0.341. The van der Waals surface area contributed by atoms with Gasteiger partial charge in [0.15, 0.2) is 0 Å². The van der Waals surface area contributed by atoms with E-state index in [2.05, 4.69) is 65.1 Å². The van der Waals surface area contributed by atoms with Crippen LogP contribution in [-0.4, -0.2) is 50.2 Å². The van der Waals surface area contributed by atoms with Crippen molar-refractivity contribution >= 4 is 17.1 Å². The summed E-state index contributed by atoms with van der Waals surface area (Å²) in [7, 11) is 0. The molecule has 0 saturated carbocycles. The van der Waals surface area contributed by atoms with Crippen LogP contribution >= 0.6 is 0 Å². The second kappa shape index (κ2) is 9.45. The van der Waals surface area contributed by atoms with Crippen molar-refractivity contribution in [3.63, 3.8) is 0 Å². The van der Waals surface area contributed by atoms with Gasteiger partial charge in [-0.05, 0) is 56.0 Å². The van der Waals surface area contributed by atoms with Crippen molar-refractivity contribution in [2.24, 2.45) is 0 Å². The maximum atomic E-state index is 9.41. The first-order valence-electron chi connectivity index (χ1n) is 11.3. The highest BCUT2D eigenvalue weighted by Crippen LogP contribution is 2.30. The van der Waals surface area contributed by atoms with Crippen LogP contribution in [0.4, 0.5) is 11.4 Å². The number of benzene rings is 2. The fourth-order valence-corrected chi connectivity index (χ4v) is 4.75. The highest BCUT2D eigenvalue weighted by Gasteiger charge is 2.22. The first kappa shape index (κ1) is 21.3. The molecule has 0 aliphatic carbocycles. The summed E-state index contributed by atoms with van der Waals surface area (Å²) in [6.07, 6.45) is 2.11. The van der Waals surface area contributed by atoms with Gasteiger partial charge in [0.25, 0.3) is 0 Å². The molecule has 162 valence electrons. The van der Waals surface area contributed by atoms with E-state index in [1.807, 2.05) is 18.2 Å². The van der Waals surface area contributed by atoms with Crippen LogP contribution in [-0.2, 0) is 0 Å². The summed E-state index contributed by atoms with van der Waals surface area (Å²) in [5, 5.41) is 16.6. The van der Waals surface area contributed by atoms with E-state index in [-0.39, 0.29) is 0 Å². The second-order valence-corrected chi connectivity index (χ2v) is 8.70. The predicted molar refractivity (Wildman–Crippen MR) is 129 cm³/mol. The van der Waals surface area contributed by atoms with E-state index < -0.39 is 0 Å². The van der Waals surface area contributed by atoms with E-state index in [4.69, 9.17) is 0 Å². The van der Waals surface area contributed by atoms with Crippen molar-refractivity contribution in [1.29, 1.82) is 5.26 Å². The number of piperazine rings is 1. The van der Waals surface area contributed by atoms with Gasteiger partial charge in [-0.1, -0.05) is 24.8 Å². The molecule has 0 atom stereocenters. The molecule has 2 heterocycles. The van der Waals surface area contributed by atoms with Crippen molar-refractivity contribution in [1.82, 2.24) is 10.2 Å². The zero-order chi connectivity index (χ0) is 21.8. The number of aryl methyl sites for hydroxylation is 2. The first-order valence-corrected chi connectivity index (χ1v) is 11.3. The van der Waals surface area contributed by atoms with E-state index in [0.29, 0.717) is 6.04 Å². The number of hydrogen-bond acceptors (Lipinski definition) is 5. The van der Waals surface area contributed by atoms with Crippen LogP contribution in [0.3, 0.4) is 0 Å². The van der Waals surface area contributed by atoms with Crippen molar-refractivity contribution in [2.45, 2.75) is 32.7 Å². The first-order chi connectivity index (χ1) is 15.1. The highest BCUT2D eigenvalue weighted by molar-refractivity contribution is 5.71. The molecule has 0 unspecified atom stereocenters. The van der Waals surface area contributed by atoms with Gasteiger partial charge in [0, 0.05) is 62.3 Å². The number of nitrogens with zero attached hydrogens (tertiary/aromatic N) is 3. The van der Waals surface area contributed by atoms with Crippen molar-refractivity contribution in [2.75, 3.05) is 49.5 Å². The molecule has 0 aromatic heterocycles. The van der Waals surface area contributed by atoms with Gasteiger partial charge >= 0.3 is 0 Å². The van der Waals surface area contributed by atoms with Gasteiger partial charge < -0.3 is 20.4 Å². The number of hydrogen-bond donors (Lipinski definition) is 2. The third-order valence-corrected chi connectivity index (χ3v) is 6.60. The summed E-state index contributed by atoms with van der Waals surface area (Å²) < 4.78 is 0. The molecule has 0 amide bonds. The summed E-state index contributed by atoms with van der Waals surface area (Å²) in [6, 6.07) is 15.3. The molecular formula is C26H33N5. The molecule has 2 aliphatic heterocycles. The third kappa shape index (κ3) is 4.70. The van der Waals surface area contributed by atoms with Crippen LogP contribution in [0.2, 0.25) is 0 Å². The molecule has 2 fully saturated rings. The normalized spacial score (nSPS) is 17.3. The van der Waals surface area contributed by atoms with E-state index in [0.717, 1.165) is 69.1 Å². The highest BCUT2D eigenvalue weighted by atomic mass is 15.2. The van der Waals surface area contributed by atoms with Crippen LogP contribution in [0.15, 0.2) is 43.0 Å². The third-order valence-electron chi connectivity index (χ3n) is 6.60. The van der Waals surface area contributed by atoms with Crippen molar-refractivity contribution in [3.8, 4) is 6.07 Å². The monoisotopic (exact) mass is 415 g/mol. The van der Waals surface area contributed by atoms with Gasteiger partial charge in [0.1, 0.15) is 6.07 Å². The summed E-state index contributed by atoms with van der Waals surface area (Å²) in [6.45, 7) is 14.8. The van der Waals surface area contributed by atoms with E-state index >= 15 is 0 Å². The van der Waals surface area contributed by atoms with Crippen LogP contribution in [0, 0.1) is 25.2 Å². The minimum absolute atomic E-state index is 0.437. The van der Waals surface area contributed by atoms with E-state index in [1.54, 1.807) is 0 Å². The van der Waals surface area contributed by atoms with Crippen molar-refractivity contribution < 1.29 is 0 Å². The fraction of sp³-hybridized carbons (Fsp3) is 0.423. The lowest BCUT2D eigenvalue weighted by Gasteiger charge is -2.35. The van der Waals surface area contributed by atoms with Gasteiger partial charge in [-0.2, -0.15) is 5.26 Å². The number of nitrogens with one attached hydrogen (secondary N) is 2. The predicted octanol–water partition coefficient (Wildman–Crippen LogP) is 4.13. The average Bonchev–Trinajstić information content (AvgIpc) is 2.81. The maximum absolute atomic E-state index is 9.41. The molecule has 2 N–H and O–H groups in total. The zero-order valence-electron chi connectivity index (χ0n) is 18.7. The molecular weight excluding hydrogens is 382 g/mol. The summed E-state index contributed by atoms with van der Waals surface area (Å²) in [4.78, 5) is 4.74. The number of para-hydroxylation sites is 1. The Labute approximate surface area is 186 Å². The summed E-state index contributed by atoms with van der Waals surface area (Å²) in [5.74, 6) is 0. The minimum Gasteiger partial charge on any atom is -0.382 e. The Hall–Kier alpha value is -2.97.